The van der Waals surface area contributed by atoms with E-state index in [1.165, 1.54) is 18.2 Å². The molecule has 3 amide bonds. The maximum atomic E-state index is 13.4. The number of anilines is 1. The van der Waals surface area contributed by atoms with Crippen molar-refractivity contribution in [3.05, 3.63) is 88.3 Å². The summed E-state index contributed by atoms with van der Waals surface area (Å²) >= 11 is 0. The molecule has 0 aliphatic carbocycles. The number of fused-ring (bicyclic) bond motifs is 1. The fourth-order valence-electron chi connectivity index (χ4n) is 3.38. The summed E-state index contributed by atoms with van der Waals surface area (Å²) in [6.07, 6.45) is 1.08. The molecule has 0 radical (unpaired) electrons. The highest BCUT2D eigenvalue weighted by Gasteiger charge is 2.32. The van der Waals surface area contributed by atoms with Crippen LogP contribution in [0.2, 0.25) is 0 Å². The van der Waals surface area contributed by atoms with E-state index in [4.69, 9.17) is 5.26 Å². The minimum atomic E-state index is -0.964. The number of nitrogens with one attached hydrogen (secondary N) is 3. The Morgan fingerprint density at radius 2 is 1.88 bits per heavy atom. The molecular formula is C23H17FN6O3. The van der Waals surface area contributed by atoms with E-state index in [0.717, 1.165) is 6.33 Å². The van der Waals surface area contributed by atoms with E-state index >= 15 is 0 Å². The van der Waals surface area contributed by atoms with E-state index in [9.17, 15) is 18.8 Å². The summed E-state index contributed by atoms with van der Waals surface area (Å²) in [5.41, 5.74) is 2.39. The highest BCUT2D eigenvalue weighted by Crippen LogP contribution is 2.31. The average Bonchev–Trinajstić information content (AvgIpc) is 3.13. The number of nitrogens with zero attached hydrogens (tertiary/aromatic N) is 3. The molecule has 33 heavy (non-hydrogen) atoms. The first kappa shape index (κ1) is 21.6. The van der Waals surface area contributed by atoms with E-state index < -0.39 is 23.8 Å². The van der Waals surface area contributed by atoms with Crippen LogP contribution in [0, 0.1) is 24.1 Å². The molecule has 1 aromatic heterocycles. The zero-order chi connectivity index (χ0) is 23.5. The molecule has 9 nitrogen and oxygen atoms in total. The van der Waals surface area contributed by atoms with Gasteiger partial charge >= 0.3 is 0 Å². The Kier molecular flexibility index (Phi) is 5.78. The minimum absolute atomic E-state index is 0.0380. The van der Waals surface area contributed by atoms with E-state index in [0.29, 0.717) is 27.9 Å². The number of amides is 3. The molecule has 1 aliphatic heterocycles. The summed E-state index contributed by atoms with van der Waals surface area (Å²) in [6.45, 7) is 1.77. The van der Waals surface area contributed by atoms with Crippen LogP contribution in [0.4, 0.5) is 10.1 Å². The number of aromatic nitrogens is 2. The SMILES string of the molecule is Cc1cc(CNC(=O)c2cc(C(=O)N[C@@H]3C(=O)Nc4cc(C#N)ccc43)ncn2)ccc1F. The number of hydrogen-bond donors (Lipinski definition) is 3. The Hall–Kier alpha value is -4.65. The number of benzene rings is 2. The van der Waals surface area contributed by atoms with Crippen LogP contribution in [0.3, 0.4) is 0 Å². The molecule has 1 aliphatic rings. The Balaban J connectivity index is 1.45. The maximum Gasteiger partial charge on any atom is 0.270 e. The Labute approximate surface area is 187 Å². The zero-order valence-electron chi connectivity index (χ0n) is 17.3. The predicted octanol–water partition coefficient (Wildman–Crippen LogP) is 2.15. The van der Waals surface area contributed by atoms with Crippen LogP contribution in [0.25, 0.3) is 0 Å². The first-order valence-electron chi connectivity index (χ1n) is 9.87. The van der Waals surface area contributed by atoms with E-state index in [2.05, 4.69) is 25.9 Å². The molecule has 4 rings (SSSR count). The van der Waals surface area contributed by atoms with E-state index in [-0.39, 0.29) is 23.7 Å². The monoisotopic (exact) mass is 444 g/mol. The number of hydrogen-bond acceptors (Lipinski definition) is 6. The van der Waals surface area contributed by atoms with Crippen LogP contribution in [0.15, 0.2) is 48.8 Å². The third-order valence-corrected chi connectivity index (χ3v) is 5.10. The van der Waals surface area contributed by atoms with Gasteiger partial charge in [0.05, 0.1) is 11.6 Å². The number of nitriles is 1. The number of aryl methyl sites for hydroxylation is 1. The van der Waals surface area contributed by atoms with Crippen molar-refractivity contribution >= 4 is 23.4 Å². The van der Waals surface area contributed by atoms with Gasteiger partial charge in [-0.25, -0.2) is 14.4 Å². The zero-order valence-corrected chi connectivity index (χ0v) is 17.3. The second-order valence-corrected chi connectivity index (χ2v) is 7.36. The van der Waals surface area contributed by atoms with Gasteiger partial charge in [-0.1, -0.05) is 18.2 Å². The first-order chi connectivity index (χ1) is 15.9. The predicted molar refractivity (Wildman–Crippen MR) is 114 cm³/mol. The van der Waals surface area contributed by atoms with Gasteiger partial charge in [0, 0.05) is 23.9 Å². The summed E-state index contributed by atoms with van der Waals surface area (Å²) in [4.78, 5) is 45.3. The number of carbonyl (C=O) groups is 3. The van der Waals surface area contributed by atoms with Gasteiger partial charge in [-0.15, -0.1) is 0 Å². The summed E-state index contributed by atoms with van der Waals surface area (Å²) in [5.74, 6) is -1.99. The van der Waals surface area contributed by atoms with E-state index in [1.807, 2.05) is 6.07 Å². The molecule has 0 saturated heterocycles. The second-order valence-electron chi connectivity index (χ2n) is 7.36. The molecule has 2 aromatic carbocycles. The number of halogens is 1. The van der Waals surface area contributed by atoms with Gasteiger partial charge in [0.15, 0.2) is 0 Å². The van der Waals surface area contributed by atoms with Gasteiger partial charge in [-0.3, -0.25) is 14.4 Å². The van der Waals surface area contributed by atoms with Gasteiger partial charge in [0.1, 0.15) is 29.6 Å². The molecule has 3 aromatic rings. The van der Waals surface area contributed by atoms with Crippen molar-refractivity contribution in [1.29, 1.82) is 5.26 Å². The number of rotatable bonds is 5. The Morgan fingerprint density at radius 1 is 1.12 bits per heavy atom. The van der Waals surface area contributed by atoms with Crippen LogP contribution >= 0.6 is 0 Å². The average molecular weight is 444 g/mol. The van der Waals surface area contributed by atoms with Crippen LogP contribution < -0.4 is 16.0 Å². The van der Waals surface area contributed by atoms with Gasteiger partial charge < -0.3 is 16.0 Å². The summed E-state index contributed by atoms with van der Waals surface area (Å²) < 4.78 is 13.4. The lowest BCUT2D eigenvalue weighted by Gasteiger charge is -2.12. The summed E-state index contributed by atoms with van der Waals surface area (Å²) in [7, 11) is 0. The summed E-state index contributed by atoms with van der Waals surface area (Å²) in [5, 5.41) is 16.9. The van der Waals surface area contributed by atoms with Crippen LogP contribution in [0.5, 0.6) is 0 Å². The minimum Gasteiger partial charge on any atom is -0.347 e. The quantitative estimate of drug-likeness (QED) is 0.552. The van der Waals surface area contributed by atoms with Crippen molar-refractivity contribution in [2.45, 2.75) is 19.5 Å². The molecule has 164 valence electrons. The standard InChI is InChI=1S/C23H17FN6O3/c1-12-6-14(3-5-16(12)24)10-26-21(31)18-8-19(28-11-27-18)22(32)30-20-15-4-2-13(9-25)7-17(15)29-23(20)33/h2-8,11,20H,10H2,1H3,(H,26,31)(H,29,33)(H,30,32)/t20-/m0/s1. The van der Waals surface area contributed by atoms with Gasteiger partial charge in [0.25, 0.3) is 17.7 Å². The smallest absolute Gasteiger partial charge is 0.270 e. The number of carbonyl (C=O) groups excluding carboxylic acids is 3. The van der Waals surface area contributed by atoms with Crippen molar-refractivity contribution in [2.75, 3.05) is 5.32 Å². The third-order valence-electron chi connectivity index (χ3n) is 5.10. The van der Waals surface area contributed by atoms with Crippen LogP contribution in [-0.2, 0) is 11.3 Å². The Bertz CT molecular complexity index is 1330. The highest BCUT2D eigenvalue weighted by atomic mass is 19.1. The lowest BCUT2D eigenvalue weighted by molar-refractivity contribution is -0.117. The van der Waals surface area contributed by atoms with E-state index in [1.54, 1.807) is 31.2 Å². The second kappa shape index (κ2) is 8.84. The van der Waals surface area contributed by atoms with Crippen LogP contribution in [0.1, 0.15) is 49.3 Å². The topological polar surface area (TPSA) is 137 Å². The van der Waals surface area contributed by atoms with Gasteiger partial charge in [0.2, 0.25) is 0 Å². The molecule has 2 heterocycles. The molecule has 0 fully saturated rings. The Morgan fingerprint density at radius 3 is 2.61 bits per heavy atom. The maximum absolute atomic E-state index is 13.4. The lowest BCUT2D eigenvalue weighted by atomic mass is 10.1. The lowest BCUT2D eigenvalue weighted by Crippen LogP contribution is -2.33. The molecule has 1 atom stereocenters. The molecule has 3 N–H and O–H groups in total. The molecule has 0 bridgehead atoms. The third kappa shape index (κ3) is 4.52. The van der Waals surface area contributed by atoms with Crippen molar-refractivity contribution in [2.24, 2.45) is 0 Å². The molecule has 0 spiro atoms. The fourth-order valence-corrected chi connectivity index (χ4v) is 3.38. The largest absolute Gasteiger partial charge is 0.347 e. The molecule has 0 unspecified atom stereocenters. The van der Waals surface area contributed by atoms with Crippen molar-refractivity contribution in [3.8, 4) is 6.07 Å². The van der Waals surface area contributed by atoms with Crippen LogP contribution in [-0.4, -0.2) is 27.7 Å². The molecular weight excluding hydrogens is 427 g/mol. The summed E-state index contributed by atoms with van der Waals surface area (Å²) in [6, 6.07) is 11.4. The van der Waals surface area contributed by atoms with Crippen molar-refractivity contribution in [3.63, 3.8) is 0 Å². The molecule has 0 saturated carbocycles. The normalized spacial score (nSPS) is 14.1. The first-order valence-corrected chi connectivity index (χ1v) is 9.87. The van der Waals surface area contributed by atoms with Gasteiger partial charge in [-0.2, -0.15) is 5.26 Å². The van der Waals surface area contributed by atoms with Crippen molar-refractivity contribution in [1.82, 2.24) is 20.6 Å². The highest BCUT2D eigenvalue weighted by molar-refractivity contribution is 6.06. The van der Waals surface area contributed by atoms with Gasteiger partial charge in [-0.05, 0) is 36.2 Å². The molecule has 10 heteroatoms. The fraction of sp³-hybridized carbons (Fsp3) is 0.130. The van der Waals surface area contributed by atoms with Crippen molar-refractivity contribution < 1.29 is 18.8 Å².